The summed E-state index contributed by atoms with van der Waals surface area (Å²) in [7, 11) is 0. The van der Waals surface area contributed by atoms with Crippen molar-refractivity contribution in [1.29, 1.82) is 0 Å². The second-order valence-corrected chi connectivity index (χ2v) is 5.89. The molecule has 0 atom stereocenters. The highest BCUT2D eigenvalue weighted by molar-refractivity contribution is 7.99. The Bertz CT molecular complexity index is 751. The van der Waals surface area contributed by atoms with Crippen molar-refractivity contribution in [2.24, 2.45) is 0 Å². The molecule has 1 aromatic carbocycles. The van der Waals surface area contributed by atoms with Gasteiger partial charge in [-0.3, -0.25) is 0 Å². The third kappa shape index (κ3) is 3.25. The van der Waals surface area contributed by atoms with Crippen LogP contribution < -0.4 is 5.32 Å². The van der Waals surface area contributed by atoms with E-state index in [-0.39, 0.29) is 0 Å². The molecule has 0 radical (unpaired) electrons. The van der Waals surface area contributed by atoms with Gasteiger partial charge in [-0.1, -0.05) is 19.1 Å². The van der Waals surface area contributed by atoms with Crippen LogP contribution >= 0.6 is 11.8 Å². The minimum Gasteiger partial charge on any atom is -0.333 e. The van der Waals surface area contributed by atoms with Crippen molar-refractivity contribution < 1.29 is 0 Å². The molecule has 2 aromatic heterocycles. The second kappa shape index (κ2) is 6.28. The first-order valence-electron chi connectivity index (χ1n) is 7.05. The minimum absolute atomic E-state index is 0.825. The number of rotatable bonds is 5. The molecule has 2 heterocycles. The molecule has 0 saturated carbocycles. The van der Waals surface area contributed by atoms with E-state index in [2.05, 4.69) is 52.3 Å². The number of hydrogen-bond acceptors (Lipinski definition) is 4. The van der Waals surface area contributed by atoms with Crippen LogP contribution in [-0.4, -0.2) is 21.5 Å². The number of nitrogens with zero attached hydrogens (tertiary/aromatic N) is 2. The summed E-state index contributed by atoms with van der Waals surface area (Å²) in [4.78, 5) is 12.5. The van der Waals surface area contributed by atoms with E-state index >= 15 is 0 Å². The first-order chi connectivity index (χ1) is 10.3. The largest absolute Gasteiger partial charge is 0.333 e. The van der Waals surface area contributed by atoms with Crippen molar-refractivity contribution >= 4 is 22.8 Å². The molecule has 0 aliphatic carbocycles. The molecule has 0 fully saturated rings. The molecule has 4 nitrogen and oxygen atoms in total. The van der Waals surface area contributed by atoms with Crippen molar-refractivity contribution in [2.75, 3.05) is 6.54 Å². The zero-order valence-electron chi connectivity index (χ0n) is 12.2. The summed E-state index contributed by atoms with van der Waals surface area (Å²) < 4.78 is 0. The van der Waals surface area contributed by atoms with Crippen molar-refractivity contribution in [1.82, 2.24) is 20.3 Å². The number of nitrogens with one attached hydrogen (secondary N) is 2. The molecule has 0 amide bonds. The number of hydrogen-bond donors (Lipinski definition) is 2. The lowest BCUT2D eigenvalue weighted by Crippen LogP contribution is -2.12. The summed E-state index contributed by atoms with van der Waals surface area (Å²) in [5.41, 5.74) is 4.49. The van der Waals surface area contributed by atoms with E-state index in [1.165, 1.54) is 11.1 Å². The van der Waals surface area contributed by atoms with E-state index in [1.807, 2.05) is 18.3 Å². The molecule has 0 spiro atoms. The van der Waals surface area contributed by atoms with Crippen LogP contribution in [0.25, 0.3) is 11.0 Å². The zero-order chi connectivity index (χ0) is 14.7. The van der Waals surface area contributed by atoms with Gasteiger partial charge >= 0.3 is 0 Å². The normalized spacial score (nSPS) is 11.1. The summed E-state index contributed by atoms with van der Waals surface area (Å²) in [6.07, 6.45) is 1.82. The topological polar surface area (TPSA) is 53.6 Å². The Morgan fingerprint density at radius 1 is 1.29 bits per heavy atom. The Morgan fingerprint density at radius 2 is 2.19 bits per heavy atom. The van der Waals surface area contributed by atoms with Crippen LogP contribution in [0.4, 0.5) is 0 Å². The molecule has 0 bridgehead atoms. The molecule has 2 N–H and O–H groups in total. The summed E-state index contributed by atoms with van der Waals surface area (Å²) in [6.45, 7) is 5.96. The van der Waals surface area contributed by atoms with Crippen LogP contribution in [0.3, 0.4) is 0 Å². The number of aryl methyl sites for hydroxylation is 1. The van der Waals surface area contributed by atoms with Crippen molar-refractivity contribution in [3.63, 3.8) is 0 Å². The zero-order valence-corrected chi connectivity index (χ0v) is 13.0. The van der Waals surface area contributed by atoms with Gasteiger partial charge in [0.05, 0.1) is 11.0 Å². The fourth-order valence-electron chi connectivity index (χ4n) is 2.15. The van der Waals surface area contributed by atoms with Crippen LogP contribution in [0.1, 0.15) is 18.1 Å². The van der Waals surface area contributed by atoms with E-state index in [4.69, 9.17) is 0 Å². The first kappa shape index (κ1) is 14.1. The van der Waals surface area contributed by atoms with E-state index in [0.717, 1.165) is 34.3 Å². The lowest BCUT2D eigenvalue weighted by molar-refractivity contribution is 0.711. The number of H-pyrrole nitrogens is 1. The molecule has 3 aromatic rings. The number of aromatic nitrogens is 3. The van der Waals surface area contributed by atoms with Gasteiger partial charge in [0, 0.05) is 12.7 Å². The number of imidazole rings is 1. The minimum atomic E-state index is 0.825. The van der Waals surface area contributed by atoms with Crippen molar-refractivity contribution in [3.8, 4) is 0 Å². The molecule has 0 aliphatic heterocycles. The van der Waals surface area contributed by atoms with E-state index < -0.39 is 0 Å². The van der Waals surface area contributed by atoms with Crippen LogP contribution in [-0.2, 0) is 6.54 Å². The standard InChI is InChI=1S/C16H18N4S/c1-3-17-10-12-5-4-8-18-15(12)21-16-19-13-7-6-11(2)9-14(13)20-16/h4-9,17H,3,10H2,1-2H3,(H,19,20). The van der Waals surface area contributed by atoms with Gasteiger partial charge in [0.1, 0.15) is 5.03 Å². The fraction of sp³-hybridized carbons (Fsp3) is 0.250. The summed E-state index contributed by atoms with van der Waals surface area (Å²) in [5.74, 6) is 0. The van der Waals surface area contributed by atoms with Gasteiger partial charge in [-0.2, -0.15) is 0 Å². The Kier molecular flexibility index (Phi) is 4.22. The monoisotopic (exact) mass is 298 g/mol. The molecular formula is C16H18N4S. The van der Waals surface area contributed by atoms with Gasteiger partial charge in [0.2, 0.25) is 0 Å². The number of fused-ring (bicyclic) bond motifs is 1. The molecule has 21 heavy (non-hydrogen) atoms. The van der Waals surface area contributed by atoms with Gasteiger partial charge in [-0.25, -0.2) is 9.97 Å². The highest BCUT2D eigenvalue weighted by Crippen LogP contribution is 2.28. The summed E-state index contributed by atoms with van der Waals surface area (Å²) in [5, 5.41) is 5.22. The summed E-state index contributed by atoms with van der Waals surface area (Å²) in [6, 6.07) is 10.3. The summed E-state index contributed by atoms with van der Waals surface area (Å²) >= 11 is 1.58. The molecule has 0 saturated heterocycles. The van der Waals surface area contributed by atoms with Gasteiger partial charge in [0.25, 0.3) is 0 Å². The Morgan fingerprint density at radius 3 is 3.05 bits per heavy atom. The molecule has 0 unspecified atom stereocenters. The van der Waals surface area contributed by atoms with Gasteiger partial charge in [-0.05, 0) is 54.6 Å². The second-order valence-electron chi connectivity index (χ2n) is 4.91. The Balaban J connectivity index is 1.87. The van der Waals surface area contributed by atoms with Gasteiger partial charge < -0.3 is 10.3 Å². The van der Waals surface area contributed by atoms with E-state index in [1.54, 1.807) is 11.8 Å². The smallest absolute Gasteiger partial charge is 0.172 e. The van der Waals surface area contributed by atoms with E-state index in [0.29, 0.717) is 0 Å². The molecule has 5 heteroatoms. The Labute approximate surface area is 128 Å². The third-order valence-corrected chi connectivity index (χ3v) is 4.17. The highest BCUT2D eigenvalue weighted by atomic mass is 32.2. The molecular weight excluding hydrogens is 280 g/mol. The van der Waals surface area contributed by atoms with Crippen LogP contribution in [0.15, 0.2) is 46.7 Å². The molecule has 0 aliphatic rings. The fourth-order valence-corrected chi connectivity index (χ4v) is 3.02. The lowest BCUT2D eigenvalue weighted by Gasteiger charge is -2.06. The number of pyridine rings is 1. The SMILES string of the molecule is CCNCc1cccnc1Sc1nc2ccc(C)cc2[nH]1. The van der Waals surface area contributed by atoms with Gasteiger partial charge in [-0.15, -0.1) is 0 Å². The predicted molar refractivity (Wildman–Crippen MR) is 86.6 cm³/mol. The lowest BCUT2D eigenvalue weighted by atomic mass is 10.2. The van der Waals surface area contributed by atoms with Crippen LogP contribution in [0, 0.1) is 6.92 Å². The average Bonchev–Trinajstić information content (AvgIpc) is 2.87. The van der Waals surface area contributed by atoms with Gasteiger partial charge in [0.15, 0.2) is 5.16 Å². The highest BCUT2D eigenvalue weighted by Gasteiger charge is 2.09. The molecule has 108 valence electrons. The average molecular weight is 298 g/mol. The molecule has 3 rings (SSSR count). The predicted octanol–water partition coefficient (Wildman–Crippen LogP) is 3.53. The van der Waals surface area contributed by atoms with Crippen LogP contribution in [0.2, 0.25) is 0 Å². The third-order valence-electron chi connectivity index (χ3n) is 3.22. The Hall–Kier alpha value is -1.85. The maximum atomic E-state index is 4.62. The van der Waals surface area contributed by atoms with E-state index in [9.17, 15) is 0 Å². The maximum Gasteiger partial charge on any atom is 0.172 e. The van der Waals surface area contributed by atoms with Crippen LogP contribution in [0.5, 0.6) is 0 Å². The number of benzene rings is 1. The number of aromatic amines is 1. The first-order valence-corrected chi connectivity index (χ1v) is 7.86. The van der Waals surface area contributed by atoms with Crippen molar-refractivity contribution in [3.05, 3.63) is 47.7 Å². The quantitative estimate of drug-likeness (QED) is 0.756. The van der Waals surface area contributed by atoms with Crippen molar-refractivity contribution in [2.45, 2.75) is 30.6 Å². The maximum absolute atomic E-state index is 4.62.